The zero-order valence-electron chi connectivity index (χ0n) is 13.6. The van der Waals surface area contributed by atoms with Gasteiger partial charge in [0.15, 0.2) is 17.9 Å². The number of ether oxygens (including phenoxy) is 1. The first kappa shape index (κ1) is 20.3. The van der Waals surface area contributed by atoms with Gasteiger partial charge < -0.3 is 44.5 Å². The van der Waals surface area contributed by atoms with Gasteiger partial charge >= 0.3 is 15.2 Å². The highest BCUT2D eigenvalue weighted by molar-refractivity contribution is 7.70. The topological polar surface area (TPSA) is 210 Å². The van der Waals surface area contributed by atoms with Gasteiger partial charge in [-0.25, -0.2) is 9.97 Å². The number of nitrogen functional groups attached to an aromatic ring is 1. The second kappa shape index (κ2) is 7.21. The molecule has 3 rings (SSSR count). The maximum absolute atomic E-state index is 11.7. The predicted molar refractivity (Wildman–Crippen MR) is 90.6 cm³/mol. The number of hydrogen-bond donors (Lipinski definition) is 6. The van der Waals surface area contributed by atoms with Gasteiger partial charge in [0.2, 0.25) is 0 Å². The summed E-state index contributed by atoms with van der Waals surface area (Å²) in [6, 6.07) is 1.58. The molecule has 1 unspecified atom stereocenters. The summed E-state index contributed by atoms with van der Waals surface area (Å²) in [6.45, 7) is -0.668. The summed E-state index contributed by atoms with van der Waals surface area (Å²) in [4.78, 5) is 35.0. The van der Waals surface area contributed by atoms with Gasteiger partial charge in [-0.05, 0) is 6.07 Å². The molecule has 1 saturated heterocycles. The lowest BCUT2D eigenvalue weighted by molar-refractivity contribution is -0.0481. The van der Waals surface area contributed by atoms with Crippen LogP contribution in [0.2, 0.25) is 0 Å². The van der Waals surface area contributed by atoms with Gasteiger partial charge in [-0.15, -0.1) is 0 Å². The van der Waals surface area contributed by atoms with E-state index in [1.54, 1.807) is 6.07 Å². The number of aliphatic hydroxyl groups excluding tert-OH is 2. The van der Waals surface area contributed by atoms with E-state index in [0.717, 1.165) is 0 Å². The fourth-order valence-electron chi connectivity index (χ4n) is 2.75. The van der Waals surface area contributed by atoms with Crippen LogP contribution in [-0.2, 0) is 18.4 Å². The Labute approximate surface area is 152 Å². The molecule has 3 heterocycles. The first-order valence-electron chi connectivity index (χ1n) is 7.58. The smallest absolute Gasteiger partial charge is 0.340 e. The molecule has 7 N–H and O–H groups in total. The van der Waals surface area contributed by atoms with Gasteiger partial charge in [0.25, 0.3) is 0 Å². The molecule has 0 amide bonds. The Kier molecular flexibility index (Phi) is 5.43. The third kappa shape index (κ3) is 4.37. The molecule has 1 aliphatic rings. The van der Waals surface area contributed by atoms with Crippen molar-refractivity contribution < 1.29 is 43.3 Å². The summed E-state index contributed by atoms with van der Waals surface area (Å²) >= 11 is 0. The average molecular weight is 424 g/mol. The third-order valence-corrected chi connectivity index (χ3v) is 7.39. The molecule has 1 aliphatic heterocycles. The fraction of sp³-hybridized carbons (Fsp3) is 0.500. The molecule has 27 heavy (non-hydrogen) atoms. The molecule has 2 aromatic rings. The summed E-state index contributed by atoms with van der Waals surface area (Å²) in [5.74, 6) is -1.20. The molecule has 0 aliphatic carbocycles. The van der Waals surface area contributed by atoms with Crippen molar-refractivity contribution in [1.29, 1.82) is 0 Å². The monoisotopic (exact) mass is 424 g/mol. The van der Waals surface area contributed by atoms with E-state index in [1.165, 1.54) is 17.1 Å². The minimum Gasteiger partial charge on any atom is -0.387 e. The molecule has 1 fully saturated rings. The lowest BCUT2D eigenvalue weighted by Gasteiger charge is -2.18. The summed E-state index contributed by atoms with van der Waals surface area (Å²) in [5.41, 5.74) is 6.57. The van der Waals surface area contributed by atoms with Crippen molar-refractivity contribution in [1.82, 2.24) is 14.5 Å². The molecule has 15 heteroatoms. The lowest BCUT2D eigenvalue weighted by Crippen LogP contribution is -2.33. The Morgan fingerprint density at radius 3 is 2.59 bits per heavy atom. The Balaban J connectivity index is 1.75. The van der Waals surface area contributed by atoms with Crippen LogP contribution in [0.5, 0.6) is 0 Å². The van der Waals surface area contributed by atoms with Crippen LogP contribution < -0.4 is 5.73 Å². The number of aliphatic hydroxyl groups is 2. The van der Waals surface area contributed by atoms with Gasteiger partial charge in [-0.3, -0.25) is 9.13 Å². The van der Waals surface area contributed by atoms with Crippen LogP contribution in [0.25, 0.3) is 11.0 Å². The zero-order valence-corrected chi connectivity index (χ0v) is 15.4. The molecular formula is C12H18N4O9P2. The van der Waals surface area contributed by atoms with E-state index in [1.807, 2.05) is 0 Å². The first-order chi connectivity index (χ1) is 12.5. The Hall–Kier alpha value is -1.40. The molecule has 0 bridgehead atoms. The number of anilines is 1. The van der Waals surface area contributed by atoms with E-state index in [-0.39, 0.29) is 5.82 Å². The fourth-order valence-corrected chi connectivity index (χ4v) is 5.31. The van der Waals surface area contributed by atoms with Gasteiger partial charge in [0.05, 0.1) is 18.5 Å². The SMILES string of the molecule is Nc1nccc2c1ncn2[C@@H]1O[C@H](COP(=O)(O)CP(=O)(O)O)[C@@H](O)[C@H]1O. The first-order valence-corrected chi connectivity index (χ1v) is 11.1. The largest absolute Gasteiger partial charge is 0.387 e. The second-order valence-corrected chi connectivity index (χ2v) is 10.00. The minimum atomic E-state index is -4.78. The van der Waals surface area contributed by atoms with Gasteiger partial charge in [0.1, 0.15) is 23.8 Å². The van der Waals surface area contributed by atoms with E-state index in [9.17, 15) is 24.2 Å². The van der Waals surface area contributed by atoms with Crippen LogP contribution in [0.15, 0.2) is 18.6 Å². The van der Waals surface area contributed by atoms with E-state index < -0.39 is 52.2 Å². The molecule has 0 saturated carbocycles. The zero-order chi connectivity index (χ0) is 20.0. The highest BCUT2D eigenvalue weighted by atomic mass is 31.2. The third-order valence-electron chi connectivity index (χ3n) is 3.94. The summed E-state index contributed by atoms with van der Waals surface area (Å²) in [5, 5.41) is 20.4. The maximum atomic E-state index is 11.7. The number of imidazole rings is 1. The molecule has 2 aromatic heterocycles. The maximum Gasteiger partial charge on any atom is 0.340 e. The van der Waals surface area contributed by atoms with Crippen molar-refractivity contribution in [3.63, 3.8) is 0 Å². The van der Waals surface area contributed by atoms with Crippen LogP contribution in [-0.4, -0.2) is 70.3 Å². The van der Waals surface area contributed by atoms with Crippen LogP contribution in [0.4, 0.5) is 5.82 Å². The molecular weight excluding hydrogens is 406 g/mol. The molecule has 0 radical (unpaired) electrons. The van der Waals surface area contributed by atoms with Gasteiger partial charge in [0, 0.05) is 6.20 Å². The lowest BCUT2D eigenvalue weighted by atomic mass is 10.1. The Morgan fingerprint density at radius 2 is 1.93 bits per heavy atom. The summed E-state index contributed by atoms with van der Waals surface area (Å²) < 4.78 is 34.1. The van der Waals surface area contributed by atoms with Crippen molar-refractivity contribution in [2.24, 2.45) is 0 Å². The van der Waals surface area contributed by atoms with Crippen molar-refractivity contribution in [2.75, 3.05) is 18.2 Å². The number of pyridine rings is 1. The van der Waals surface area contributed by atoms with Gasteiger partial charge in [-0.1, -0.05) is 0 Å². The van der Waals surface area contributed by atoms with Crippen molar-refractivity contribution >= 4 is 32.0 Å². The van der Waals surface area contributed by atoms with E-state index in [4.69, 9.17) is 20.3 Å². The van der Waals surface area contributed by atoms with Crippen LogP contribution >= 0.6 is 15.2 Å². The Bertz CT molecular complexity index is 931. The normalized spacial score (nSPS) is 28.5. The highest BCUT2D eigenvalue weighted by Crippen LogP contribution is 2.55. The number of nitrogens with zero attached hydrogens (tertiary/aromatic N) is 3. The molecule has 0 aromatic carbocycles. The number of aromatic nitrogens is 3. The number of nitrogens with two attached hydrogens (primary N) is 1. The van der Waals surface area contributed by atoms with Crippen LogP contribution in [0.1, 0.15) is 6.23 Å². The van der Waals surface area contributed by atoms with Crippen molar-refractivity contribution in [2.45, 2.75) is 24.5 Å². The summed E-state index contributed by atoms with van der Waals surface area (Å²) in [6.07, 6.45) is -2.47. The average Bonchev–Trinajstić information content (AvgIpc) is 3.07. The standard InChI is InChI=1S/C12H18N4O9P2/c13-11-8-6(1-2-14-11)16(4-15-8)12-10(18)9(17)7(25-12)3-24-27(22,23)5-26(19,20)21/h1-2,4,7,9-10,12,17-18H,3,5H2,(H2,13,14)(H,22,23)(H2,19,20,21)/t7-,9-,10-,12-/m1/s1. The number of hydrogen-bond acceptors (Lipinski definition) is 9. The molecule has 0 spiro atoms. The molecule has 150 valence electrons. The van der Waals surface area contributed by atoms with Crippen LogP contribution in [0, 0.1) is 0 Å². The van der Waals surface area contributed by atoms with Crippen molar-refractivity contribution in [3.05, 3.63) is 18.6 Å². The molecule has 13 nitrogen and oxygen atoms in total. The Morgan fingerprint density at radius 1 is 1.22 bits per heavy atom. The van der Waals surface area contributed by atoms with E-state index in [2.05, 4.69) is 14.5 Å². The number of rotatable bonds is 6. The molecule has 5 atom stereocenters. The van der Waals surface area contributed by atoms with E-state index >= 15 is 0 Å². The second-order valence-electron chi connectivity index (χ2n) is 6.00. The van der Waals surface area contributed by atoms with Gasteiger partial charge in [-0.2, -0.15) is 0 Å². The van der Waals surface area contributed by atoms with Crippen LogP contribution in [0.3, 0.4) is 0 Å². The number of fused-ring (bicyclic) bond motifs is 1. The van der Waals surface area contributed by atoms with E-state index in [0.29, 0.717) is 11.0 Å². The van der Waals surface area contributed by atoms with Crippen molar-refractivity contribution in [3.8, 4) is 0 Å². The summed E-state index contributed by atoms with van der Waals surface area (Å²) in [7, 11) is -9.40. The highest BCUT2D eigenvalue weighted by Gasteiger charge is 2.45. The minimum absolute atomic E-state index is 0.165. The predicted octanol–water partition coefficient (Wildman–Crippen LogP) is -1.03. The quantitative estimate of drug-likeness (QED) is 0.307.